The number of fused-ring (bicyclic) bond motifs is 1. The number of nitrogens with zero attached hydrogens (tertiary/aromatic N) is 1. The van der Waals surface area contributed by atoms with Crippen LogP contribution in [0, 0.1) is 4.91 Å². The zero-order valence-corrected chi connectivity index (χ0v) is 8.72. The lowest BCUT2D eigenvalue weighted by Crippen LogP contribution is -1.95. The van der Waals surface area contributed by atoms with E-state index in [1.54, 1.807) is 0 Å². The van der Waals surface area contributed by atoms with Crippen molar-refractivity contribution in [2.75, 3.05) is 0 Å². The Balaban J connectivity index is 2.30. The van der Waals surface area contributed by atoms with E-state index in [1.165, 1.54) is 0 Å². The van der Waals surface area contributed by atoms with Gasteiger partial charge < -0.3 is 0 Å². The quantitative estimate of drug-likeness (QED) is 0.735. The first-order chi connectivity index (χ1) is 7.81. The topological polar surface area (TPSA) is 46.5 Å². The first-order valence-corrected chi connectivity index (χ1v) is 5.14. The van der Waals surface area contributed by atoms with Crippen LogP contribution in [0.15, 0.2) is 47.6 Å². The molecule has 0 radical (unpaired) electrons. The van der Waals surface area contributed by atoms with Gasteiger partial charge in [-0.05, 0) is 22.8 Å². The number of amides is 1. The largest absolute Gasteiger partial charge is 0.286 e. The van der Waals surface area contributed by atoms with Crippen LogP contribution in [-0.4, -0.2) is 5.91 Å². The van der Waals surface area contributed by atoms with Gasteiger partial charge in [0.05, 0.1) is 0 Å². The SMILES string of the molecule is O=NC(=O)CCc1cccc2ccccc12. The Morgan fingerprint density at radius 1 is 1.06 bits per heavy atom. The van der Waals surface area contributed by atoms with Crippen molar-refractivity contribution in [3.05, 3.63) is 52.9 Å². The third-order valence-electron chi connectivity index (χ3n) is 2.59. The summed E-state index contributed by atoms with van der Waals surface area (Å²) in [6.45, 7) is 0. The van der Waals surface area contributed by atoms with Gasteiger partial charge in [0.1, 0.15) is 0 Å². The minimum Gasteiger partial charge on any atom is -0.269 e. The summed E-state index contributed by atoms with van der Waals surface area (Å²) in [5.41, 5.74) is 1.08. The second kappa shape index (κ2) is 4.66. The predicted octanol–water partition coefficient (Wildman–Crippen LogP) is 3.07. The van der Waals surface area contributed by atoms with Crippen molar-refractivity contribution < 1.29 is 4.79 Å². The molecule has 1 amide bonds. The van der Waals surface area contributed by atoms with Gasteiger partial charge in [0.25, 0.3) is 5.91 Å². The third-order valence-corrected chi connectivity index (χ3v) is 2.59. The number of aryl methyl sites for hydroxylation is 1. The monoisotopic (exact) mass is 213 g/mol. The lowest BCUT2D eigenvalue weighted by Gasteiger charge is -2.04. The molecule has 0 aliphatic rings. The molecule has 2 aromatic carbocycles. The molecule has 0 heterocycles. The second-order valence-electron chi connectivity index (χ2n) is 3.62. The van der Waals surface area contributed by atoms with E-state index in [1.807, 2.05) is 42.5 Å². The highest BCUT2D eigenvalue weighted by atomic mass is 16.3. The lowest BCUT2D eigenvalue weighted by molar-refractivity contribution is -0.117. The molecular formula is C13H11NO2. The van der Waals surface area contributed by atoms with E-state index < -0.39 is 5.91 Å². The van der Waals surface area contributed by atoms with E-state index in [4.69, 9.17) is 0 Å². The van der Waals surface area contributed by atoms with Crippen molar-refractivity contribution in [1.82, 2.24) is 0 Å². The fraction of sp³-hybridized carbons (Fsp3) is 0.154. The fourth-order valence-corrected chi connectivity index (χ4v) is 1.80. The molecule has 0 saturated carbocycles. The molecule has 0 N–H and O–H groups in total. The maximum atomic E-state index is 10.8. The Labute approximate surface area is 93.1 Å². The van der Waals surface area contributed by atoms with Crippen LogP contribution in [0.2, 0.25) is 0 Å². The fourth-order valence-electron chi connectivity index (χ4n) is 1.80. The average Bonchev–Trinajstić information content (AvgIpc) is 2.35. The number of benzene rings is 2. The van der Waals surface area contributed by atoms with Crippen molar-refractivity contribution >= 4 is 16.7 Å². The van der Waals surface area contributed by atoms with Crippen molar-refractivity contribution in [2.45, 2.75) is 12.8 Å². The molecule has 80 valence electrons. The van der Waals surface area contributed by atoms with Crippen LogP contribution in [-0.2, 0) is 11.2 Å². The number of carbonyl (C=O) groups excluding carboxylic acids is 1. The molecule has 0 atom stereocenters. The van der Waals surface area contributed by atoms with E-state index in [0.29, 0.717) is 6.42 Å². The summed E-state index contributed by atoms with van der Waals surface area (Å²) in [5, 5.41) is 4.67. The van der Waals surface area contributed by atoms with Gasteiger partial charge in [-0.1, -0.05) is 42.5 Å². The van der Waals surface area contributed by atoms with Crippen molar-refractivity contribution in [3.8, 4) is 0 Å². The molecule has 0 aliphatic heterocycles. The van der Waals surface area contributed by atoms with Gasteiger partial charge in [-0.15, -0.1) is 4.91 Å². The molecule has 0 spiro atoms. The van der Waals surface area contributed by atoms with E-state index in [9.17, 15) is 9.70 Å². The zero-order valence-electron chi connectivity index (χ0n) is 8.72. The summed E-state index contributed by atoms with van der Waals surface area (Å²) in [4.78, 5) is 20.8. The third kappa shape index (κ3) is 2.14. The molecule has 3 nitrogen and oxygen atoms in total. The van der Waals surface area contributed by atoms with E-state index in [-0.39, 0.29) is 6.42 Å². The molecule has 0 aliphatic carbocycles. The minimum atomic E-state index is -0.590. The molecule has 0 aromatic heterocycles. The van der Waals surface area contributed by atoms with Gasteiger partial charge in [0.2, 0.25) is 0 Å². The minimum absolute atomic E-state index is 0.178. The smallest absolute Gasteiger partial charge is 0.269 e. The van der Waals surface area contributed by atoms with Crippen molar-refractivity contribution in [3.63, 3.8) is 0 Å². The molecule has 2 aromatic rings. The molecule has 0 unspecified atom stereocenters. The first-order valence-electron chi connectivity index (χ1n) is 5.14. The summed E-state index contributed by atoms with van der Waals surface area (Å²) in [6, 6.07) is 13.9. The number of carbonyl (C=O) groups is 1. The summed E-state index contributed by atoms with van der Waals surface area (Å²) in [5.74, 6) is -0.590. The highest BCUT2D eigenvalue weighted by Crippen LogP contribution is 2.19. The van der Waals surface area contributed by atoms with E-state index >= 15 is 0 Å². The Hall–Kier alpha value is -2.03. The van der Waals surface area contributed by atoms with E-state index in [0.717, 1.165) is 16.3 Å². The summed E-state index contributed by atoms with van der Waals surface area (Å²) in [7, 11) is 0. The van der Waals surface area contributed by atoms with Crippen LogP contribution < -0.4 is 0 Å². The molecule has 2 rings (SSSR count). The molecule has 16 heavy (non-hydrogen) atoms. The van der Waals surface area contributed by atoms with Gasteiger partial charge in [-0.2, -0.15) is 0 Å². The lowest BCUT2D eigenvalue weighted by atomic mass is 10.0. The molecular weight excluding hydrogens is 202 g/mol. The Morgan fingerprint density at radius 2 is 1.81 bits per heavy atom. The van der Waals surface area contributed by atoms with Crippen LogP contribution in [0.25, 0.3) is 10.8 Å². The van der Waals surface area contributed by atoms with Crippen LogP contribution in [0.1, 0.15) is 12.0 Å². The average molecular weight is 213 g/mol. The predicted molar refractivity (Wildman–Crippen MR) is 63.1 cm³/mol. The second-order valence-corrected chi connectivity index (χ2v) is 3.62. The summed E-state index contributed by atoms with van der Waals surface area (Å²) < 4.78 is 0. The highest BCUT2D eigenvalue weighted by Gasteiger charge is 2.04. The standard InChI is InChI=1S/C13H11NO2/c15-13(14-16)9-8-11-6-3-5-10-4-1-2-7-12(10)11/h1-7H,8-9H2. The van der Waals surface area contributed by atoms with Crippen LogP contribution in [0.5, 0.6) is 0 Å². The Kier molecular flexibility index (Phi) is 3.05. The Bertz CT molecular complexity index is 529. The van der Waals surface area contributed by atoms with Crippen LogP contribution in [0.4, 0.5) is 0 Å². The zero-order chi connectivity index (χ0) is 11.4. The van der Waals surface area contributed by atoms with Gasteiger partial charge in [0.15, 0.2) is 0 Å². The number of rotatable bonds is 3. The van der Waals surface area contributed by atoms with Crippen LogP contribution in [0.3, 0.4) is 0 Å². The normalized spacial score (nSPS) is 10.2. The number of hydrogen-bond acceptors (Lipinski definition) is 2. The maximum Gasteiger partial charge on any atom is 0.286 e. The van der Waals surface area contributed by atoms with Crippen LogP contribution >= 0.6 is 0 Å². The maximum absolute atomic E-state index is 10.8. The molecule has 0 bridgehead atoms. The van der Waals surface area contributed by atoms with Gasteiger partial charge in [-0.3, -0.25) is 4.79 Å². The molecule has 0 fully saturated rings. The molecule has 3 heteroatoms. The van der Waals surface area contributed by atoms with Gasteiger partial charge >= 0.3 is 0 Å². The summed E-state index contributed by atoms with van der Waals surface area (Å²) >= 11 is 0. The summed E-state index contributed by atoms with van der Waals surface area (Å²) in [6.07, 6.45) is 0.740. The van der Waals surface area contributed by atoms with Crippen molar-refractivity contribution in [2.24, 2.45) is 5.18 Å². The van der Waals surface area contributed by atoms with E-state index in [2.05, 4.69) is 5.18 Å². The first kappa shape index (κ1) is 10.5. The molecule has 0 saturated heterocycles. The highest BCUT2D eigenvalue weighted by molar-refractivity contribution is 5.86. The number of hydrogen-bond donors (Lipinski definition) is 0. The Morgan fingerprint density at radius 3 is 2.62 bits per heavy atom. The van der Waals surface area contributed by atoms with Gasteiger partial charge in [-0.25, -0.2) is 0 Å². The van der Waals surface area contributed by atoms with Gasteiger partial charge in [0, 0.05) is 11.6 Å². The number of nitroso groups, excluding NO2 is 1. The van der Waals surface area contributed by atoms with Crippen molar-refractivity contribution in [1.29, 1.82) is 0 Å².